The molecule has 0 unspecified atom stereocenters. The second-order valence-corrected chi connectivity index (χ2v) is 5.70. The second kappa shape index (κ2) is 8.36. The predicted molar refractivity (Wildman–Crippen MR) is 89.9 cm³/mol. The first-order valence-corrected chi connectivity index (χ1v) is 8.01. The minimum atomic E-state index is 0.505. The lowest BCUT2D eigenvalue weighted by molar-refractivity contribution is 0.549. The number of aliphatic imine (C=N–C) groups is 1. The molecule has 6 heteroatoms. The molecule has 0 aromatic carbocycles. The van der Waals surface area contributed by atoms with Crippen LogP contribution in [0.2, 0.25) is 0 Å². The van der Waals surface area contributed by atoms with E-state index in [0.717, 1.165) is 42.9 Å². The Morgan fingerprint density at radius 3 is 2.91 bits per heavy atom. The summed E-state index contributed by atoms with van der Waals surface area (Å²) in [4.78, 5) is 4.59. The molecule has 6 nitrogen and oxygen atoms in total. The Kier molecular flexibility index (Phi) is 6.18. The minimum Gasteiger partial charge on any atom is -0.357 e. The van der Waals surface area contributed by atoms with Crippen molar-refractivity contribution in [3.05, 3.63) is 30.2 Å². The highest BCUT2D eigenvalue weighted by molar-refractivity contribution is 5.79. The summed E-state index contributed by atoms with van der Waals surface area (Å²) in [6.07, 6.45) is 4.33. The Bertz CT molecular complexity index is 601. The lowest BCUT2D eigenvalue weighted by Gasteiger charge is -2.11. The molecule has 0 fully saturated rings. The zero-order chi connectivity index (χ0) is 15.8. The monoisotopic (exact) mass is 302 g/mol. The average molecular weight is 302 g/mol. The quantitative estimate of drug-likeness (QED) is 0.467. The van der Waals surface area contributed by atoms with Crippen molar-refractivity contribution in [3.63, 3.8) is 0 Å². The van der Waals surface area contributed by atoms with E-state index in [2.05, 4.69) is 46.6 Å². The normalized spacial score (nSPS) is 12.1. The van der Waals surface area contributed by atoms with Crippen molar-refractivity contribution < 1.29 is 0 Å². The first-order valence-electron chi connectivity index (χ1n) is 8.01. The fourth-order valence-corrected chi connectivity index (χ4v) is 2.21. The van der Waals surface area contributed by atoms with E-state index in [1.807, 2.05) is 28.8 Å². The number of guanidine groups is 1. The molecule has 0 bridgehead atoms. The van der Waals surface area contributed by atoms with Crippen molar-refractivity contribution in [1.82, 2.24) is 25.2 Å². The smallest absolute Gasteiger partial charge is 0.191 e. The number of nitrogens with one attached hydrogen (secondary N) is 2. The highest BCUT2D eigenvalue weighted by atomic mass is 15.3. The maximum Gasteiger partial charge on any atom is 0.191 e. The Labute approximate surface area is 132 Å². The molecule has 0 radical (unpaired) electrons. The average Bonchev–Trinajstić information content (AvgIpc) is 2.92. The van der Waals surface area contributed by atoms with Crippen molar-refractivity contribution in [2.75, 3.05) is 13.1 Å². The van der Waals surface area contributed by atoms with Crippen molar-refractivity contribution in [2.24, 2.45) is 10.9 Å². The van der Waals surface area contributed by atoms with Crippen LogP contribution in [0.25, 0.3) is 5.65 Å². The van der Waals surface area contributed by atoms with Crippen LogP contribution >= 0.6 is 0 Å². The molecule has 2 aromatic rings. The summed E-state index contributed by atoms with van der Waals surface area (Å²) in [5, 5.41) is 15.0. The molecule has 0 amide bonds. The van der Waals surface area contributed by atoms with Gasteiger partial charge in [-0.15, -0.1) is 10.2 Å². The second-order valence-electron chi connectivity index (χ2n) is 5.70. The molecule has 2 N–H and O–H groups in total. The van der Waals surface area contributed by atoms with Gasteiger partial charge >= 0.3 is 0 Å². The van der Waals surface area contributed by atoms with Crippen molar-refractivity contribution in [3.8, 4) is 0 Å². The molecule has 0 saturated carbocycles. The first kappa shape index (κ1) is 16.3. The van der Waals surface area contributed by atoms with Gasteiger partial charge in [0.1, 0.15) is 6.54 Å². The van der Waals surface area contributed by atoms with E-state index in [4.69, 9.17) is 0 Å². The van der Waals surface area contributed by atoms with E-state index in [9.17, 15) is 0 Å². The zero-order valence-electron chi connectivity index (χ0n) is 13.7. The van der Waals surface area contributed by atoms with Crippen LogP contribution < -0.4 is 10.6 Å². The van der Waals surface area contributed by atoms with Crippen LogP contribution in [0.5, 0.6) is 0 Å². The number of pyridine rings is 1. The highest BCUT2D eigenvalue weighted by Crippen LogP contribution is 2.04. The van der Waals surface area contributed by atoms with Crippen LogP contribution in [-0.2, 0) is 6.54 Å². The summed E-state index contributed by atoms with van der Waals surface area (Å²) < 4.78 is 1.96. The molecule has 2 aromatic heterocycles. The molecule has 0 aliphatic rings. The SMILES string of the molecule is CCNC(=NCc1nnc2ccccn12)NCCCC(C)C. The van der Waals surface area contributed by atoms with E-state index in [0.29, 0.717) is 6.54 Å². The molecule has 2 rings (SSSR count). The standard InChI is InChI=1S/C16H26N6/c1-4-17-16(18-10-7-8-13(2)3)19-12-15-21-20-14-9-5-6-11-22(14)15/h5-6,9,11,13H,4,7-8,10,12H2,1-3H3,(H2,17,18,19). The van der Waals surface area contributed by atoms with Gasteiger partial charge in [-0.05, 0) is 37.8 Å². The van der Waals surface area contributed by atoms with Gasteiger partial charge in [0, 0.05) is 19.3 Å². The molecule has 120 valence electrons. The highest BCUT2D eigenvalue weighted by Gasteiger charge is 2.04. The van der Waals surface area contributed by atoms with Crippen molar-refractivity contribution in [1.29, 1.82) is 0 Å². The Morgan fingerprint density at radius 1 is 1.27 bits per heavy atom. The molecule has 0 aliphatic carbocycles. The predicted octanol–water partition coefficient (Wildman–Crippen LogP) is 2.22. The molecule has 0 atom stereocenters. The van der Waals surface area contributed by atoms with Gasteiger partial charge in [-0.1, -0.05) is 19.9 Å². The van der Waals surface area contributed by atoms with E-state index in [-0.39, 0.29) is 0 Å². The number of nitrogens with zero attached hydrogens (tertiary/aromatic N) is 4. The van der Waals surface area contributed by atoms with E-state index in [1.165, 1.54) is 6.42 Å². The Hall–Kier alpha value is -2.11. The van der Waals surface area contributed by atoms with Crippen LogP contribution in [0.4, 0.5) is 0 Å². The van der Waals surface area contributed by atoms with Crippen LogP contribution in [0.1, 0.15) is 39.4 Å². The van der Waals surface area contributed by atoms with Gasteiger partial charge in [-0.2, -0.15) is 0 Å². The van der Waals surface area contributed by atoms with Crippen LogP contribution in [-0.4, -0.2) is 33.6 Å². The maximum absolute atomic E-state index is 4.59. The van der Waals surface area contributed by atoms with Gasteiger partial charge in [-0.25, -0.2) is 4.99 Å². The largest absolute Gasteiger partial charge is 0.357 e. The third-order valence-electron chi connectivity index (χ3n) is 3.36. The fourth-order valence-electron chi connectivity index (χ4n) is 2.21. The molecule has 2 heterocycles. The number of hydrogen-bond donors (Lipinski definition) is 2. The first-order chi connectivity index (χ1) is 10.7. The third-order valence-corrected chi connectivity index (χ3v) is 3.36. The van der Waals surface area contributed by atoms with E-state index in [1.54, 1.807) is 0 Å². The number of fused-ring (bicyclic) bond motifs is 1. The van der Waals surface area contributed by atoms with Crippen LogP contribution in [0.3, 0.4) is 0 Å². The number of rotatable bonds is 7. The van der Waals surface area contributed by atoms with Gasteiger partial charge in [0.15, 0.2) is 17.4 Å². The van der Waals surface area contributed by atoms with Crippen LogP contribution in [0.15, 0.2) is 29.4 Å². The lowest BCUT2D eigenvalue weighted by Crippen LogP contribution is -2.37. The Balaban J connectivity index is 1.94. The fraction of sp³-hybridized carbons (Fsp3) is 0.562. The molecule has 0 aliphatic heterocycles. The third kappa shape index (κ3) is 4.72. The maximum atomic E-state index is 4.59. The molecule has 0 saturated heterocycles. The molecular formula is C16H26N6. The van der Waals surface area contributed by atoms with Crippen LogP contribution in [0, 0.1) is 5.92 Å². The van der Waals surface area contributed by atoms with Gasteiger partial charge in [0.05, 0.1) is 0 Å². The van der Waals surface area contributed by atoms with Crippen molar-refractivity contribution in [2.45, 2.75) is 40.2 Å². The van der Waals surface area contributed by atoms with E-state index < -0.39 is 0 Å². The summed E-state index contributed by atoms with van der Waals surface area (Å²) in [5.41, 5.74) is 0.850. The van der Waals surface area contributed by atoms with Gasteiger partial charge in [0.25, 0.3) is 0 Å². The topological polar surface area (TPSA) is 66.6 Å². The summed E-state index contributed by atoms with van der Waals surface area (Å²) in [6, 6.07) is 5.87. The summed E-state index contributed by atoms with van der Waals surface area (Å²) in [5.74, 6) is 2.41. The molecule has 0 spiro atoms. The van der Waals surface area contributed by atoms with Gasteiger partial charge in [-0.3, -0.25) is 4.40 Å². The summed E-state index contributed by atoms with van der Waals surface area (Å²) >= 11 is 0. The lowest BCUT2D eigenvalue weighted by atomic mass is 10.1. The number of hydrogen-bond acceptors (Lipinski definition) is 3. The van der Waals surface area contributed by atoms with Crippen molar-refractivity contribution >= 4 is 11.6 Å². The van der Waals surface area contributed by atoms with E-state index >= 15 is 0 Å². The molecule has 22 heavy (non-hydrogen) atoms. The molecular weight excluding hydrogens is 276 g/mol. The van der Waals surface area contributed by atoms with Gasteiger partial charge < -0.3 is 10.6 Å². The number of aromatic nitrogens is 3. The van der Waals surface area contributed by atoms with Gasteiger partial charge in [0.2, 0.25) is 0 Å². The summed E-state index contributed by atoms with van der Waals surface area (Å²) in [6.45, 7) is 8.84. The zero-order valence-corrected chi connectivity index (χ0v) is 13.7. The minimum absolute atomic E-state index is 0.505. The summed E-state index contributed by atoms with van der Waals surface area (Å²) in [7, 11) is 0. The Morgan fingerprint density at radius 2 is 2.14 bits per heavy atom.